The highest BCUT2D eigenvalue weighted by Gasteiger charge is 2.28. The van der Waals surface area contributed by atoms with Crippen LogP contribution in [0.3, 0.4) is 0 Å². The number of nitrogens with two attached hydrogens (primary N) is 1. The van der Waals surface area contributed by atoms with Gasteiger partial charge in [-0.25, -0.2) is 4.98 Å². The third-order valence-corrected chi connectivity index (χ3v) is 3.61. The monoisotopic (exact) mass is 268 g/mol. The summed E-state index contributed by atoms with van der Waals surface area (Å²) >= 11 is 0. The first-order valence-electron chi connectivity index (χ1n) is 7.22. The van der Waals surface area contributed by atoms with Crippen molar-refractivity contribution in [3.05, 3.63) is 41.7 Å². The highest BCUT2D eigenvalue weighted by atomic mass is 15.3. The number of aromatic nitrogens is 3. The number of hydrogen-bond acceptors (Lipinski definition) is 3. The Morgan fingerprint density at radius 2 is 2.30 bits per heavy atom. The summed E-state index contributed by atoms with van der Waals surface area (Å²) in [5, 5.41) is 4.36. The number of allylic oxidation sites excluding steroid dienone is 4. The van der Waals surface area contributed by atoms with Crippen molar-refractivity contribution in [3.8, 4) is 0 Å². The highest BCUT2D eigenvalue weighted by molar-refractivity contribution is 5.74. The molecule has 0 amide bonds. The molecule has 0 aliphatic heterocycles. The summed E-state index contributed by atoms with van der Waals surface area (Å²) in [7, 11) is 0. The topological polar surface area (TPSA) is 56.2 Å². The molecule has 1 saturated carbocycles. The molecule has 1 aliphatic rings. The van der Waals surface area contributed by atoms with Gasteiger partial charge in [0.1, 0.15) is 5.82 Å². The van der Waals surface area contributed by atoms with E-state index in [0.29, 0.717) is 11.7 Å². The predicted octanol–water partition coefficient (Wildman–Crippen LogP) is 3.56. The Morgan fingerprint density at radius 1 is 1.50 bits per heavy atom. The zero-order chi connectivity index (χ0) is 14.1. The molecule has 0 saturated heterocycles. The van der Waals surface area contributed by atoms with Crippen molar-refractivity contribution in [2.24, 2.45) is 0 Å². The molecule has 2 heterocycles. The fourth-order valence-electron chi connectivity index (χ4n) is 2.49. The lowest BCUT2D eigenvalue weighted by Crippen LogP contribution is -2.03. The van der Waals surface area contributed by atoms with Crippen LogP contribution in [0.4, 0.5) is 5.82 Å². The maximum Gasteiger partial charge on any atom is 0.161 e. The van der Waals surface area contributed by atoms with Gasteiger partial charge in [0.2, 0.25) is 0 Å². The first-order chi connectivity index (χ1) is 9.74. The molecule has 104 valence electrons. The first-order valence-corrected chi connectivity index (χ1v) is 7.22. The third-order valence-electron chi connectivity index (χ3n) is 3.61. The summed E-state index contributed by atoms with van der Waals surface area (Å²) in [5.74, 6) is 1.26. The molecule has 1 fully saturated rings. The summed E-state index contributed by atoms with van der Waals surface area (Å²) in [4.78, 5) is 4.80. The standard InChI is InChI=1S/C16H20N4/c1-3-5-12(6-4-2)14-9-15(17)20-16(19-14)13(10-18-20)11-7-8-11/h3,5-6,9-11H,4,7-8,17H2,1-2H3/b5-3-,12-6+. The van der Waals surface area contributed by atoms with Crippen LogP contribution in [-0.4, -0.2) is 14.6 Å². The Bertz CT molecular complexity index is 690. The van der Waals surface area contributed by atoms with E-state index in [1.54, 1.807) is 4.52 Å². The summed E-state index contributed by atoms with van der Waals surface area (Å²) in [6.07, 6.45) is 11.6. The van der Waals surface area contributed by atoms with E-state index in [-0.39, 0.29) is 0 Å². The molecule has 2 aromatic heterocycles. The molecule has 2 aromatic rings. The van der Waals surface area contributed by atoms with Gasteiger partial charge in [0.25, 0.3) is 0 Å². The van der Waals surface area contributed by atoms with E-state index < -0.39 is 0 Å². The van der Waals surface area contributed by atoms with Gasteiger partial charge in [-0.2, -0.15) is 9.61 Å². The molecule has 0 atom stereocenters. The minimum atomic E-state index is 0.620. The van der Waals surface area contributed by atoms with Crippen molar-refractivity contribution in [2.45, 2.75) is 39.0 Å². The molecule has 3 rings (SSSR count). The lowest BCUT2D eigenvalue weighted by molar-refractivity contribution is 0.948. The molecule has 4 nitrogen and oxygen atoms in total. The van der Waals surface area contributed by atoms with E-state index in [2.05, 4.69) is 24.2 Å². The Morgan fingerprint density at radius 3 is 2.95 bits per heavy atom. The van der Waals surface area contributed by atoms with Gasteiger partial charge in [-0.3, -0.25) is 0 Å². The summed E-state index contributed by atoms with van der Waals surface area (Å²) in [5.41, 5.74) is 10.3. The summed E-state index contributed by atoms with van der Waals surface area (Å²) in [6.45, 7) is 4.14. The minimum Gasteiger partial charge on any atom is -0.384 e. The quantitative estimate of drug-likeness (QED) is 0.863. The van der Waals surface area contributed by atoms with Crippen molar-refractivity contribution in [1.82, 2.24) is 14.6 Å². The van der Waals surface area contributed by atoms with E-state index in [4.69, 9.17) is 10.7 Å². The molecular formula is C16H20N4. The second-order valence-electron chi connectivity index (χ2n) is 5.24. The number of fused-ring (bicyclic) bond motifs is 1. The average molecular weight is 268 g/mol. The molecule has 0 bridgehead atoms. The molecule has 2 N–H and O–H groups in total. The lowest BCUT2D eigenvalue weighted by atomic mass is 10.1. The molecule has 0 spiro atoms. The smallest absolute Gasteiger partial charge is 0.161 e. The average Bonchev–Trinajstić information content (AvgIpc) is 3.18. The SMILES string of the molecule is C/C=C\C(=C/CC)c1cc(N)n2ncc(C3CC3)c2n1. The number of nitrogen functional groups attached to an aromatic ring is 1. The van der Waals surface area contributed by atoms with Crippen LogP contribution in [0.25, 0.3) is 11.2 Å². The first kappa shape index (κ1) is 12.9. The van der Waals surface area contributed by atoms with Gasteiger partial charge in [0, 0.05) is 11.6 Å². The van der Waals surface area contributed by atoms with Crippen molar-refractivity contribution >= 4 is 17.0 Å². The van der Waals surface area contributed by atoms with Crippen LogP contribution in [0.15, 0.2) is 30.5 Å². The van der Waals surface area contributed by atoms with E-state index in [1.807, 2.05) is 25.3 Å². The van der Waals surface area contributed by atoms with Crippen LogP contribution in [0.5, 0.6) is 0 Å². The van der Waals surface area contributed by atoms with Crippen molar-refractivity contribution < 1.29 is 0 Å². The Labute approximate surface area is 119 Å². The fraction of sp³-hybridized carbons (Fsp3) is 0.375. The molecule has 20 heavy (non-hydrogen) atoms. The van der Waals surface area contributed by atoms with Gasteiger partial charge in [-0.05, 0) is 37.7 Å². The van der Waals surface area contributed by atoms with E-state index in [0.717, 1.165) is 23.3 Å². The number of rotatable bonds is 4. The Kier molecular flexibility index (Phi) is 3.30. The highest BCUT2D eigenvalue weighted by Crippen LogP contribution is 2.41. The van der Waals surface area contributed by atoms with E-state index >= 15 is 0 Å². The Hall–Kier alpha value is -2.10. The van der Waals surface area contributed by atoms with Gasteiger partial charge < -0.3 is 5.73 Å². The van der Waals surface area contributed by atoms with Gasteiger partial charge in [-0.1, -0.05) is 25.2 Å². The molecule has 4 heteroatoms. The summed E-state index contributed by atoms with van der Waals surface area (Å²) in [6, 6.07) is 1.90. The van der Waals surface area contributed by atoms with Crippen LogP contribution >= 0.6 is 0 Å². The number of hydrogen-bond donors (Lipinski definition) is 1. The van der Waals surface area contributed by atoms with Crippen LogP contribution in [0.1, 0.15) is 50.3 Å². The van der Waals surface area contributed by atoms with Crippen LogP contribution < -0.4 is 5.73 Å². The van der Waals surface area contributed by atoms with Gasteiger partial charge in [0.15, 0.2) is 5.65 Å². The van der Waals surface area contributed by atoms with Gasteiger partial charge >= 0.3 is 0 Å². The third kappa shape index (κ3) is 2.22. The minimum absolute atomic E-state index is 0.620. The summed E-state index contributed by atoms with van der Waals surface area (Å²) < 4.78 is 1.75. The van der Waals surface area contributed by atoms with E-state index in [9.17, 15) is 0 Å². The normalized spacial score (nSPS) is 16.4. The number of anilines is 1. The largest absolute Gasteiger partial charge is 0.384 e. The van der Waals surface area contributed by atoms with Crippen molar-refractivity contribution in [1.29, 1.82) is 0 Å². The van der Waals surface area contributed by atoms with Crippen LogP contribution in [-0.2, 0) is 0 Å². The zero-order valence-corrected chi connectivity index (χ0v) is 12.0. The Balaban J connectivity index is 2.16. The fourth-order valence-corrected chi connectivity index (χ4v) is 2.49. The van der Waals surface area contributed by atoms with Crippen LogP contribution in [0, 0.1) is 0 Å². The maximum absolute atomic E-state index is 6.13. The molecule has 0 aromatic carbocycles. The molecule has 0 unspecified atom stereocenters. The van der Waals surface area contributed by atoms with Crippen molar-refractivity contribution in [2.75, 3.05) is 5.73 Å². The zero-order valence-electron chi connectivity index (χ0n) is 12.0. The maximum atomic E-state index is 6.13. The van der Waals surface area contributed by atoms with Gasteiger partial charge in [0.05, 0.1) is 11.9 Å². The van der Waals surface area contributed by atoms with Crippen molar-refractivity contribution in [3.63, 3.8) is 0 Å². The second kappa shape index (κ2) is 5.12. The molecule has 0 radical (unpaired) electrons. The number of nitrogens with zero attached hydrogens (tertiary/aromatic N) is 3. The van der Waals surface area contributed by atoms with Crippen LogP contribution in [0.2, 0.25) is 0 Å². The van der Waals surface area contributed by atoms with Gasteiger partial charge in [-0.15, -0.1) is 0 Å². The van der Waals surface area contributed by atoms with E-state index in [1.165, 1.54) is 18.4 Å². The second-order valence-corrected chi connectivity index (χ2v) is 5.24. The predicted molar refractivity (Wildman–Crippen MR) is 82.5 cm³/mol. The lowest BCUT2D eigenvalue weighted by Gasteiger charge is -2.06. The molecular weight excluding hydrogens is 248 g/mol. The molecule has 1 aliphatic carbocycles.